The van der Waals surface area contributed by atoms with Crippen LogP contribution in [0.15, 0.2) is 59.6 Å². The van der Waals surface area contributed by atoms with Crippen LogP contribution in [0, 0.1) is 20.8 Å². The number of anilines is 2. The molecule has 0 aliphatic heterocycles. The molecule has 0 saturated heterocycles. The smallest absolute Gasteiger partial charge is 0.274 e. The standard InChI is InChI=1S/C22H23N3O4S/c1-14-7-5-8-15(2)20(14)25-30(27,28)19-13-17(10-11-18(19)29-4)24-22(26)21-16(3)9-6-12-23-21/h5-13,25H,1-4H3,(H,24,26). The lowest BCUT2D eigenvalue weighted by Gasteiger charge is -2.16. The van der Waals surface area contributed by atoms with Crippen molar-refractivity contribution in [2.24, 2.45) is 0 Å². The van der Waals surface area contributed by atoms with Gasteiger partial charge in [-0.3, -0.25) is 14.5 Å². The average molecular weight is 426 g/mol. The van der Waals surface area contributed by atoms with Crippen molar-refractivity contribution in [2.75, 3.05) is 17.1 Å². The molecule has 3 aromatic rings. The van der Waals surface area contributed by atoms with Gasteiger partial charge in [-0.1, -0.05) is 24.3 Å². The lowest BCUT2D eigenvalue weighted by Crippen LogP contribution is -2.18. The number of para-hydroxylation sites is 1. The first kappa shape index (κ1) is 21.3. The fraction of sp³-hybridized carbons (Fsp3) is 0.182. The molecular weight excluding hydrogens is 402 g/mol. The number of pyridine rings is 1. The molecule has 0 aliphatic rings. The molecule has 0 aliphatic carbocycles. The molecule has 2 N–H and O–H groups in total. The third-order valence-electron chi connectivity index (χ3n) is 4.65. The summed E-state index contributed by atoms with van der Waals surface area (Å²) in [6, 6.07) is 13.5. The molecule has 0 radical (unpaired) electrons. The van der Waals surface area contributed by atoms with E-state index in [-0.39, 0.29) is 16.3 Å². The highest BCUT2D eigenvalue weighted by Gasteiger charge is 2.22. The number of nitrogens with zero attached hydrogens (tertiary/aromatic N) is 1. The van der Waals surface area contributed by atoms with E-state index < -0.39 is 15.9 Å². The van der Waals surface area contributed by atoms with E-state index in [0.29, 0.717) is 16.9 Å². The van der Waals surface area contributed by atoms with Gasteiger partial charge in [0.05, 0.1) is 12.8 Å². The molecule has 0 saturated carbocycles. The fourth-order valence-electron chi connectivity index (χ4n) is 3.04. The molecule has 1 aromatic heterocycles. The van der Waals surface area contributed by atoms with E-state index >= 15 is 0 Å². The maximum atomic E-state index is 13.1. The molecule has 1 heterocycles. The Morgan fingerprint density at radius 3 is 2.27 bits per heavy atom. The Bertz CT molecular complexity index is 1190. The van der Waals surface area contributed by atoms with Crippen molar-refractivity contribution >= 4 is 27.3 Å². The van der Waals surface area contributed by atoms with Gasteiger partial charge in [-0.25, -0.2) is 8.42 Å². The van der Waals surface area contributed by atoms with Crippen LogP contribution in [0.1, 0.15) is 27.2 Å². The Labute approximate surface area is 176 Å². The van der Waals surface area contributed by atoms with Crippen molar-refractivity contribution in [1.82, 2.24) is 4.98 Å². The van der Waals surface area contributed by atoms with E-state index in [4.69, 9.17) is 4.74 Å². The Balaban J connectivity index is 1.96. The van der Waals surface area contributed by atoms with Gasteiger partial charge in [0.15, 0.2) is 0 Å². The molecule has 30 heavy (non-hydrogen) atoms. The van der Waals surface area contributed by atoms with Crippen molar-refractivity contribution in [2.45, 2.75) is 25.7 Å². The molecule has 7 nitrogen and oxygen atoms in total. The molecule has 0 atom stereocenters. The molecule has 0 spiro atoms. The van der Waals surface area contributed by atoms with Gasteiger partial charge >= 0.3 is 0 Å². The van der Waals surface area contributed by atoms with Crippen LogP contribution in [-0.2, 0) is 10.0 Å². The van der Waals surface area contributed by atoms with Crippen molar-refractivity contribution in [3.63, 3.8) is 0 Å². The normalized spacial score (nSPS) is 11.1. The zero-order valence-corrected chi connectivity index (χ0v) is 18.0. The van der Waals surface area contributed by atoms with Crippen molar-refractivity contribution in [3.05, 3.63) is 77.1 Å². The van der Waals surface area contributed by atoms with E-state index in [1.165, 1.54) is 25.4 Å². The second kappa shape index (κ2) is 8.54. The Hall–Kier alpha value is -3.39. The fourth-order valence-corrected chi connectivity index (χ4v) is 4.44. The summed E-state index contributed by atoms with van der Waals surface area (Å²) < 4.78 is 34.1. The number of carbonyl (C=O) groups excluding carboxylic acids is 1. The number of amides is 1. The number of hydrogen-bond acceptors (Lipinski definition) is 5. The molecule has 0 bridgehead atoms. The van der Waals surface area contributed by atoms with Gasteiger partial charge in [0.1, 0.15) is 16.3 Å². The number of hydrogen-bond donors (Lipinski definition) is 2. The lowest BCUT2D eigenvalue weighted by atomic mass is 10.1. The summed E-state index contributed by atoms with van der Waals surface area (Å²) in [6.07, 6.45) is 1.53. The number of sulfonamides is 1. The first-order chi connectivity index (χ1) is 14.2. The summed E-state index contributed by atoms with van der Waals surface area (Å²) in [7, 11) is -2.58. The number of nitrogens with one attached hydrogen (secondary N) is 2. The summed E-state index contributed by atoms with van der Waals surface area (Å²) >= 11 is 0. The van der Waals surface area contributed by atoms with Crippen molar-refractivity contribution in [3.8, 4) is 5.75 Å². The first-order valence-corrected chi connectivity index (χ1v) is 10.7. The minimum atomic E-state index is -3.97. The highest BCUT2D eigenvalue weighted by molar-refractivity contribution is 7.92. The van der Waals surface area contributed by atoms with Gasteiger partial charge in [0.2, 0.25) is 0 Å². The maximum absolute atomic E-state index is 13.1. The largest absolute Gasteiger partial charge is 0.495 e. The molecule has 8 heteroatoms. The van der Waals surface area contributed by atoms with E-state index in [1.54, 1.807) is 25.1 Å². The zero-order chi connectivity index (χ0) is 21.9. The molecule has 0 unspecified atom stereocenters. The molecule has 156 valence electrons. The van der Waals surface area contributed by atoms with Gasteiger partial charge in [0.25, 0.3) is 15.9 Å². The Morgan fingerprint density at radius 2 is 1.63 bits per heavy atom. The highest BCUT2D eigenvalue weighted by Crippen LogP contribution is 2.31. The number of aryl methyl sites for hydroxylation is 3. The summed E-state index contributed by atoms with van der Waals surface area (Å²) in [6.45, 7) is 5.43. The third kappa shape index (κ3) is 4.44. The van der Waals surface area contributed by atoms with Crippen LogP contribution in [0.5, 0.6) is 5.75 Å². The number of ether oxygens (including phenoxy) is 1. The highest BCUT2D eigenvalue weighted by atomic mass is 32.2. The van der Waals surface area contributed by atoms with Gasteiger partial charge in [-0.2, -0.15) is 0 Å². The van der Waals surface area contributed by atoms with Gasteiger partial charge in [-0.15, -0.1) is 0 Å². The van der Waals surface area contributed by atoms with E-state index in [2.05, 4.69) is 15.0 Å². The third-order valence-corrected chi connectivity index (χ3v) is 6.02. The predicted molar refractivity (Wildman–Crippen MR) is 117 cm³/mol. The second-order valence-corrected chi connectivity index (χ2v) is 8.51. The van der Waals surface area contributed by atoms with Crippen LogP contribution >= 0.6 is 0 Å². The Kier molecular flexibility index (Phi) is 6.07. The van der Waals surface area contributed by atoms with Crippen LogP contribution in [0.4, 0.5) is 11.4 Å². The summed E-state index contributed by atoms with van der Waals surface area (Å²) in [5, 5.41) is 2.70. The van der Waals surface area contributed by atoms with E-state index in [9.17, 15) is 13.2 Å². The van der Waals surface area contributed by atoms with Crippen LogP contribution in [0.25, 0.3) is 0 Å². The minimum Gasteiger partial charge on any atom is -0.495 e. The average Bonchev–Trinajstić information content (AvgIpc) is 2.71. The molecule has 2 aromatic carbocycles. The van der Waals surface area contributed by atoms with E-state index in [0.717, 1.165) is 11.1 Å². The van der Waals surface area contributed by atoms with Crippen LogP contribution in [0.3, 0.4) is 0 Å². The van der Waals surface area contributed by atoms with Gasteiger partial charge < -0.3 is 10.1 Å². The van der Waals surface area contributed by atoms with Gasteiger partial charge in [-0.05, 0) is 61.7 Å². The van der Waals surface area contributed by atoms with Crippen LogP contribution < -0.4 is 14.8 Å². The van der Waals surface area contributed by atoms with Crippen molar-refractivity contribution < 1.29 is 17.9 Å². The quantitative estimate of drug-likeness (QED) is 0.620. The Morgan fingerprint density at radius 1 is 0.967 bits per heavy atom. The number of benzene rings is 2. The topological polar surface area (TPSA) is 97.4 Å². The number of methoxy groups -OCH3 is 1. The minimum absolute atomic E-state index is 0.0804. The lowest BCUT2D eigenvalue weighted by molar-refractivity contribution is 0.102. The van der Waals surface area contributed by atoms with Crippen LogP contribution in [-0.4, -0.2) is 26.4 Å². The SMILES string of the molecule is COc1ccc(NC(=O)c2ncccc2C)cc1S(=O)(=O)Nc1c(C)cccc1C. The monoisotopic (exact) mass is 425 g/mol. The summed E-state index contributed by atoms with van der Waals surface area (Å²) in [5.41, 5.74) is 3.41. The van der Waals surface area contributed by atoms with Crippen molar-refractivity contribution in [1.29, 1.82) is 0 Å². The number of aromatic nitrogens is 1. The first-order valence-electron chi connectivity index (χ1n) is 9.23. The number of carbonyl (C=O) groups is 1. The molecular formula is C22H23N3O4S. The van der Waals surface area contributed by atoms with Gasteiger partial charge in [0, 0.05) is 11.9 Å². The van der Waals surface area contributed by atoms with Crippen LogP contribution in [0.2, 0.25) is 0 Å². The molecule has 0 fully saturated rings. The summed E-state index contributed by atoms with van der Waals surface area (Å²) in [4.78, 5) is 16.6. The predicted octanol–water partition coefficient (Wildman–Crippen LogP) is 4.07. The zero-order valence-electron chi connectivity index (χ0n) is 17.2. The van der Waals surface area contributed by atoms with E-state index in [1.807, 2.05) is 32.0 Å². The maximum Gasteiger partial charge on any atom is 0.274 e. The molecule has 3 rings (SSSR count). The summed E-state index contributed by atoms with van der Waals surface area (Å²) in [5.74, 6) is -0.259. The molecule has 1 amide bonds. The second-order valence-electron chi connectivity index (χ2n) is 6.86. The number of rotatable bonds is 6.